The first-order valence-electron chi connectivity index (χ1n) is 12.5. The van der Waals surface area contributed by atoms with Gasteiger partial charge < -0.3 is 24.6 Å². The molecule has 0 unspecified atom stereocenters. The van der Waals surface area contributed by atoms with Crippen LogP contribution in [0.15, 0.2) is 18.2 Å². The second kappa shape index (κ2) is 9.07. The topological polar surface area (TPSA) is 71.1 Å². The summed E-state index contributed by atoms with van der Waals surface area (Å²) in [6, 6.07) is 5.77. The van der Waals surface area contributed by atoms with Gasteiger partial charge in [-0.05, 0) is 80.4 Å². The number of hydrogen-bond donors (Lipinski definition) is 1. The van der Waals surface area contributed by atoms with E-state index in [0.29, 0.717) is 50.1 Å². The highest BCUT2D eigenvalue weighted by Gasteiger charge is 2.55. The summed E-state index contributed by atoms with van der Waals surface area (Å²) >= 11 is 0. The van der Waals surface area contributed by atoms with Gasteiger partial charge >= 0.3 is 6.03 Å². The monoisotopic (exact) mass is 455 g/mol. The molecule has 5 aliphatic rings. The fraction of sp³-hybridized carbons (Fsp3) is 0.692. The molecular weight excluding hydrogens is 418 g/mol. The van der Waals surface area contributed by atoms with Gasteiger partial charge in [0.05, 0.1) is 19.6 Å². The SMILES string of the molecule is COc1ccc(CCNC(=O)N2CCN(C(=O)C34CC5CC(CC(C5)C3)C4)CC2)cc1OC. The molecule has 1 aliphatic heterocycles. The minimum Gasteiger partial charge on any atom is -0.493 e. The van der Waals surface area contributed by atoms with Crippen molar-refractivity contribution in [3.63, 3.8) is 0 Å². The number of nitrogens with one attached hydrogen (secondary N) is 1. The van der Waals surface area contributed by atoms with Crippen LogP contribution < -0.4 is 14.8 Å². The zero-order valence-electron chi connectivity index (χ0n) is 20.0. The van der Waals surface area contributed by atoms with Crippen LogP contribution in [0.4, 0.5) is 4.79 Å². The molecule has 0 atom stereocenters. The van der Waals surface area contributed by atoms with E-state index in [0.717, 1.165) is 49.0 Å². The Hall–Kier alpha value is -2.44. The largest absolute Gasteiger partial charge is 0.493 e. The van der Waals surface area contributed by atoms with Gasteiger partial charge in [0, 0.05) is 32.7 Å². The van der Waals surface area contributed by atoms with Crippen LogP contribution in [0, 0.1) is 23.2 Å². The molecule has 180 valence electrons. The number of hydrogen-bond acceptors (Lipinski definition) is 4. The lowest BCUT2D eigenvalue weighted by Crippen LogP contribution is -2.59. The Kier molecular flexibility index (Phi) is 6.14. The van der Waals surface area contributed by atoms with Crippen molar-refractivity contribution >= 4 is 11.9 Å². The van der Waals surface area contributed by atoms with E-state index in [1.165, 1.54) is 19.3 Å². The summed E-state index contributed by atoms with van der Waals surface area (Å²) in [5.41, 5.74) is 0.998. The number of carbonyl (C=O) groups excluding carboxylic acids is 2. The quantitative estimate of drug-likeness (QED) is 0.714. The highest BCUT2D eigenvalue weighted by Crippen LogP contribution is 2.60. The molecule has 1 N–H and O–H groups in total. The van der Waals surface area contributed by atoms with E-state index in [1.54, 1.807) is 14.2 Å². The molecule has 4 bridgehead atoms. The summed E-state index contributed by atoms with van der Waals surface area (Å²) in [5.74, 6) is 4.11. The highest BCUT2D eigenvalue weighted by molar-refractivity contribution is 5.84. The number of benzene rings is 1. The Morgan fingerprint density at radius 1 is 0.909 bits per heavy atom. The van der Waals surface area contributed by atoms with Crippen molar-refractivity contribution in [1.82, 2.24) is 15.1 Å². The van der Waals surface area contributed by atoms with Crippen LogP contribution in [0.25, 0.3) is 0 Å². The molecule has 5 fully saturated rings. The van der Waals surface area contributed by atoms with Crippen molar-refractivity contribution in [2.24, 2.45) is 23.2 Å². The van der Waals surface area contributed by atoms with E-state index in [4.69, 9.17) is 9.47 Å². The molecule has 0 spiro atoms. The second-order valence-corrected chi connectivity index (χ2v) is 10.6. The molecule has 7 heteroatoms. The van der Waals surface area contributed by atoms with Crippen LogP contribution in [-0.4, -0.2) is 68.7 Å². The molecule has 0 aromatic heterocycles. The van der Waals surface area contributed by atoms with E-state index in [-0.39, 0.29) is 11.4 Å². The first-order chi connectivity index (χ1) is 16.0. The molecule has 1 heterocycles. The van der Waals surface area contributed by atoms with Gasteiger partial charge in [-0.1, -0.05) is 6.07 Å². The lowest BCUT2D eigenvalue weighted by atomic mass is 9.49. The number of amides is 3. The average Bonchev–Trinajstić information content (AvgIpc) is 2.82. The van der Waals surface area contributed by atoms with Crippen LogP contribution in [-0.2, 0) is 11.2 Å². The van der Waals surface area contributed by atoms with E-state index >= 15 is 0 Å². The standard InChI is InChI=1S/C26H37N3O4/c1-32-22-4-3-18(14-23(22)33-2)5-6-27-25(31)29-9-7-28(8-10-29)24(30)26-15-19-11-20(16-26)13-21(12-19)17-26/h3-4,14,19-21H,5-13,15-17H2,1-2H3,(H,27,31). The Labute approximate surface area is 196 Å². The number of piperazine rings is 1. The van der Waals surface area contributed by atoms with Crippen LogP contribution >= 0.6 is 0 Å². The molecular formula is C26H37N3O4. The third kappa shape index (κ3) is 4.38. The predicted molar refractivity (Wildman–Crippen MR) is 125 cm³/mol. The Morgan fingerprint density at radius 2 is 1.48 bits per heavy atom. The van der Waals surface area contributed by atoms with E-state index in [2.05, 4.69) is 10.2 Å². The van der Waals surface area contributed by atoms with Crippen LogP contribution in [0.2, 0.25) is 0 Å². The first-order valence-corrected chi connectivity index (χ1v) is 12.5. The summed E-state index contributed by atoms with van der Waals surface area (Å²) in [6.07, 6.45) is 8.09. The van der Waals surface area contributed by atoms with Crippen molar-refractivity contribution in [3.05, 3.63) is 23.8 Å². The Morgan fingerprint density at radius 3 is 2.06 bits per heavy atom. The molecule has 7 nitrogen and oxygen atoms in total. The van der Waals surface area contributed by atoms with Gasteiger partial charge in [-0.25, -0.2) is 4.79 Å². The molecule has 6 rings (SSSR count). The first kappa shape index (κ1) is 22.4. The summed E-state index contributed by atoms with van der Waals surface area (Å²) in [7, 11) is 3.24. The highest BCUT2D eigenvalue weighted by atomic mass is 16.5. The molecule has 33 heavy (non-hydrogen) atoms. The molecule has 1 aromatic rings. The van der Waals surface area contributed by atoms with E-state index in [1.807, 2.05) is 23.1 Å². The number of carbonyl (C=O) groups is 2. The summed E-state index contributed by atoms with van der Waals surface area (Å²) in [5, 5.41) is 3.03. The van der Waals surface area contributed by atoms with E-state index < -0.39 is 0 Å². The number of methoxy groups -OCH3 is 2. The summed E-state index contributed by atoms with van der Waals surface area (Å²) in [4.78, 5) is 30.1. The van der Waals surface area contributed by atoms with Crippen molar-refractivity contribution in [1.29, 1.82) is 0 Å². The van der Waals surface area contributed by atoms with Crippen molar-refractivity contribution in [2.75, 3.05) is 46.9 Å². The minimum atomic E-state index is -0.0847. The maximum absolute atomic E-state index is 13.5. The van der Waals surface area contributed by atoms with Gasteiger partial charge in [0.15, 0.2) is 11.5 Å². The van der Waals surface area contributed by atoms with Gasteiger partial charge in [0.1, 0.15) is 0 Å². The van der Waals surface area contributed by atoms with E-state index in [9.17, 15) is 9.59 Å². The van der Waals surface area contributed by atoms with Crippen LogP contribution in [0.5, 0.6) is 11.5 Å². The van der Waals surface area contributed by atoms with Crippen LogP contribution in [0.1, 0.15) is 44.1 Å². The Balaban J connectivity index is 1.09. The molecule has 3 amide bonds. The fourth-order valence-electron chi connectivity index (χ4n) is 7.28. The van der Waals surface area contributed by atoms with Crippen molar-refractivity contribution in [2.45, 2.75) is 44.9 Å². The predicted octanol–water partition coefficient (Wildman–Crippen LogP) is 3.32. The maximum Gasteiger partial charge on any atom is 0.317 e. The van der Waals surface area contributed by atoms with Crippen LogP contribution in [0.3, 0.4) is 0 Å². The maximum atomic E-state index is 13.5. The zero-order valence-corrected chi connectivity index (χ0v) is 20.0. The third-order valence-corrected chi connectivity index (χ3v) is 8.48. The Bertz CT molecular complexity index is 858. The fourth-order valence-corrected chi connectivity index (χ4v) is 7.28. The normalized spacial score (nSPS) is 30.3. The number of urea groups is 1. The van der Waals surface area contributed by atoms with Gasteiger partial charge in [0.2, 0.25) is 5.91 Å². The summed E-state index contributed by atoms with van der Waals surface area (Å²) < 4.78 is 10.6. The molecule has 0 radical (unpaired) electrons. The van der Waals surface area contributed by atoms with Crippen molar-refractivity contribution in [3.8, 4) is 11.5 Å². The zero-order chi connectivity index (χ0) is 23.0. The molecule has 4 aliphatic carbocycles. The second-order valence-electron chi connectivity index (χ2n) is 10.6. The number of rotatable bonds is 6. The lowest BCUT2D eigenvalue weighted by molar-refractivity contribution is -0.159. The molecule has 4 saturated carbocycles. The summed E-state index contributed by atoms with van der Waals surface area (Å²) in [6.45, 7) is 3.09. The van der Waals surface area contributed by atoms with Gasteiger partial charge in [0.25, 0.3) is 0 Å². The lowest BCUT2D eigenvalue weighted by Gasteiger charge is -2.57. The minimum absolute atomic E-state index is 0.0441. The third-order valence-electron chi connectivity index (χ3n) is 8.48. The van der Waals surface area contributed by atoms with Crippen molar-refractivity contribution < 1.29 is 19.1 Å². The van der Waals surface area contributed by atoms with Gasteiger partial charge in [-0.2, -0.15) is 0 Å². The number of ether oxygens (including phenoxy) is 2. The molecule has 1 saturated heterocycles. The molecule has 1 aromatic carbocycles. The average molecular weight is 456 g/mol. The van der Waals surface area contributed by atoms with Gasteiger partial charge in [-0.15, -0.1) is 0 Å². The smallest absolute Gasteiger partial charge is 0.317 e. The van der Waals surface area contributed by atoms with Gasteiger partial charge in [-0.3, -0.25) is 4.79 Å². The number of nitrogens with zero attached hydrogens (tertiary/aromatic N) is 2.